The molecule has 0 aromatic heterocycles. The van der Waals surface area contributed by atoms with Crippen molar-refractivity contribution in [1.82, 2.24) is 0 Å². The molecule has 4 nitrogen and oxygen atoms in total. The van der Waals surface area contributed by atoms with Crippen molar-refractivity contribution in [3.8, 4) is 6.07 Å². The van der Waals surface area contributed by atoms with Crippen molar-refractivity contribution in [3.63, 3.8) is 0 Å². The van der Waals surface area contributed by atoms with Gasteiger partial charge in [-0.05, 0) is 6.26 Å². The summed E-state index contributed by atoms with van der Waals surface area (Å²) in [6.07, 6.45) is 1.08. The number of rotatable bonds is 1. The first-order valence-electron chi connectivity index (χ1n) is 2.98. The SMILES string of the molecule is C.CS(=O)[O-].C[N+](C)(C)CC#N. The highest BCUT2D eigenvalue weighted by molar-refractivity contribution is 7.78. The molecule has 0 amide bonds. The predicted octanol–water partition coefficient (Wildman–Crippen LogP) is 0.348. The van der Waals surface area contributed by atoms with Crippen LogP contribution in [0.2, 0.25) is 0 Å². The number of quaternary nitrogens is 1. The van der Waals surface area contributed by atoms with E-state index in [2.05, 4.69) is 6.07 Å². The Morgan fingerprint density at radius 2 is 1.75 bits per heavy atom. The summed E-state index contributed by atoms with van der Waals surface area (Å²) >= 11 is -1.86. The third-order valence-corrected chi connectivity index (χ3v) is 0.545. The Kier molecular flexibility index (Phi) is 12.7. The van der Waals surface area contributed by atoms with E-state index in [-0.39, 0.29) is 7.43 Å². The van der Waals surface area contributed by atoms with Crippen molar-refractivity contribution in [2.75, 3.05) is 33.9 Å². The van der Waals surface area contributed by atoms with E-state index in [1.54, 1.807) is 0 Å². The maximum atomic E-state index is 9.00. The Morgan fingerprint density at radius 3 is 1.75 bits per heavy atom. The lowest BCUT2D eigenvalue weighted by atomic mass is 10.6. The summed E-state index contributed by atoms with van der Waals surface area (Å²) in [6, 6.07) is 2.08. The van der Waals surface area contributed by atoms with E-state index in [0.717, 1.165) is 10.7 Å². The average Bonchev–Trinajstić information content (AvgIpc) is 1.58. The van der Waals surface area contributed by atoms with Crippen molar-refractivity contribution < 1.29 is 13.2 Å². The quantitative estimate of drug-likeness (QED) is 0.344. The summed E-state index contributed by atoms with van der Waals surface area (Å²) in [6.45, 7) is 0.583. The van der Waals surface area contributed by atoms with Crippen molar-refractivity contribution >= 4 is 11.1 Å². The Bertz CT molecular complexity index is 154. The van der Waals surface area contributed by atoms with E-state index in [1.165, 1.54) is 0 Å². The summed E-state index contributed by atoms with van der Waals surface area (Å²) in [4.78, 5) is 0. The van der Waals surface area contributed by atoms with Crippen LogP contribution in [-0.4, -0.2) is 47.2 Å². The average molecular weight is 194 g/mol. The summed E-state index contributed by atoms with van der Waals surface area (Å²) in [5.41, 5.74) is 0. The second-order valence-electron chi connectivity index (χ2n) is 3.01. The first kappa shape index (κ1) is 17.6. The molecule has 0 aromatic carbocycles. The van der Waals surface area contributed by atoms with Crippen LogP contribution in [0, 0.1) is 11.3 Å². The summed E-state index contributed by atoms with van der Waals surface area (Å²) < 4.78 is 18.7. The molecule has 0 spiro atoms. The predicted molar refractivity (Wildman–Crippen MR) is 50.1 cm³/mol. The molecular weight excluding hydrogens is 176 g/mol. The van der Waals surface area contributed by atoms with Gasteiger partial charge in [0, 0.05) is 0 Å². The van der Waals surface area contributed by atoms with Crippen LogP contribution in [0.5, 0.6) is 0 Å². The third kappa shape index (κ3) is 55.3. The fourth-order valence-electron chi connectivity index (χ4n) is 0.212. The molecule has 0 rings (SSSR count). The van der Waals surface area contributed by atoms with Gasteiger partial charge in [0.1, 0.15) is 6.07 Å². The number of nitriles is 1. The van der Waals surface area contributed by atoms with Crippen molar-refractivity contribution in [2.24, 2.45) is 0 Å². The second kappa shape index (κ2) is 8.65. The molecule has 0 fully saturated rings. The second-order valence-corrected chi connectivity index (χ2v) is 3.81. The smallest absolute Gasteiger partial charge is 0.165 e. The molecule has 0 saturated heterocycles. The molecule has 0 radical (unpaired) electrons. The van der Waals surface area contributed by atoms with Gasteiger partial charge in [0.25, 0.3) is 0 Å². The molecule has 5 heteroatoms. The van der Waals surface area contributed by atoms with E-state index in [0.29, 0.717) is 6.54 Å². The van der Waals surface area contributed by atoms with E-state index < -0.39 is 11.1 Å². The number of nitrogens with zero attached hydrogens (tertiary/aromatic N) is 2. The minimum atomic E-state index is -1.86. The van der Waals surface area contributed by atoms with Gasteiger partial charge in [0.15, 0.2) is 6.54 Å². The number of hydrogen-bond acceptors (Lipinski definition) is 3. The Hall–Kier alpha value is -0.440. The van der Waals surface area contributed by atoms with Gasteiger partial charge < -0.3 is 9.04 Å². The maximum absolute atomic E-state index is 9.00. The molecule has 0 saturated carbocycles. The van der Waals surface area contributed by atoms with Gasteiger partial charge in [-0.1, -0.05) is 18.5 Å². The zero-order chi connectivity index (χ0) is 9.49. The molecule has 0 aliphatic heterocycles. The lowest BCUT2D eigenvalue weighted by molar-refractivity contribution is -0.863. The van der Waals surface area contributed by atoms with E-state index in [9.17, 15) is 0 Å². The summed E-state index contributed by atoms with van der Waals surface area (Å²) in [5.74, 6) is 0. The topological polar surface area (TPSA) is 63.9 Å². The lowest BCUT2D eigenvalue weighted by Gasteiger charge is -2.18. The highest BCUT2D eigenvalue weighted by Crippen LogP contribution is 1.84. The van der Waals surface area contributed by atoms with Gasteiger partial charge in [-0.3, -0.25) is 4.21 Å². The molecule has 0 aromatic rings. The molecule has 0 heterocycles. The molecule has 1 atom stereocenters. The fraction of sp³-hybridized carbons (Fsp3) is 0.857. The van der Waals surface area contributed by atoms with Crippen LogP contribution in [0.4, 0.5) is 0 Å². The molecule has 1 unspecified atom stereocenters. The number of hydrogen-bond donors (Lipinski definition) is 0. The third-order valence-electron chi connectivity index (χ3n) is 0.545. The molecule has 0 aliphatic rings. The zero-order valence-electron chi connectivity index (χ0n) is 7.33. The van der Waals surface area contributed by atoms with Crippen LogP contribution in [0.1, 0.15) is 7.43 Å². The summed E-state index contributed by atoms with van der Waals surface area (Å²) in [7, 11) is 5.97. The normalized spacial score (nSPS) is 11.3. The van der Waals surface area contributed by atoms with Crippen LogP contribution in [0.15, 0.2) is 0 Å². The maximum Gasteiger partial charge on any atom is 0.165 e. The fourth-order valence-corrected chi connectivity index (χ4v) is 0.212. The highest BCUT2D eigenvalue weighted by atomic mass is 32.2. The van der Waals surface area contributed by atoms with Crippen molar-refractivity contribution in [1.29, 1.82) is 5.26 Å². The van der Waals surface area contributed by atoms with Gasteiger partial charge in [-0.2, -0.15) is 5.26 Å². The standard InChI is InChI=1S/C5H11N2.CH4O2S.CH4/c1-7(2,3)5-4-6;1-4(2)3;/h5H2,1-3H3;1H3,(H,2,3);1H4/q+1;;/p-1. The van der Waals surface area contributed by atoms with Gasteiger partial charge >= 0.3 is 0 Å². The zero-order valence-corrected chi connectivity index (χ0v) is 8.14. The van der Waals surface area contributed by atoms with Gasteiger partial charge in [-0.25, -0.2) is 0 Å². The summed E-state index contributed by atoms with van der Waals surface area (Å²) in [5, 5.41) is 8.14. The van der Waals surface area contributed by atoms with Crippen molar-refractivity contribution in [2.45, 2.75) is 7.43 Å². The Morgan fingerprint density at radius 1 is 1.50 bits per heavy atom. The van der Waals surface area contributed by atoms with E-state index in [1.807, 2.05) is 21.1 Å². The molecule has 74 valence electrons. The molecule has 0 bridgehead atoms. The minimum absolute atomic E-state index is 0. The highest BCUT2D eigenvalue weighted by Gasteiger charge is 2.01. The Labute approximate surface area is 77.7 Å². The Balaban J connectivity index is -0.000000142. The molecule has 12 heavy (non-hydrogen) atoms. The minimum Gasteiger partial charge on any atom is -0.773 e. The molecular formula is C7H18N2O2S. The van der Waals surface area contributed by atoms with Gasteiger partial charge in [0.05, 0.1) is 21.1 Å². The monoisotopic (exact) mass is 194 g/mol. The van der Waals surface area contributed by atoms with Crippen LogP contribution in [0.3, 0.4) is 0 Å². The lowest BCUT2D eigenvalue weighted by Crippen LogP contribution is -2.34. The van der Waals surface area contributed by atoms with Gasteiger partial charge in [-0.15, -0.1) is 0 Å². The molecule has 0 N–H and O–H groups in total. The van der Waals surface area contributed by atoms with E-state index >= 15 is 0 Å². The van der Waals surface area contributed by atoms with Crippen LogP contribution < -0.4 is 0 Å². The molecule has 0 aliphatic carbocycles. The first-order chi connectivity index (χ1) is 4.79. The van der Waals surface area contributed by atoms with E-state index in [4.69, 9.17) is 14.0 Å². The largest absolute Gasteiger partial charge is 0.773 e. The first-order valence-corrected chi connectivity index (χ1v) is 4.46. The van der Waals surface area contributed by atoms with Crippen molar-refractivity contribution in [3.05, 3.63) is 0 Å². The van der Waals surface area contributed by atoms with Crippen LogP contribution in [-0.2, 0) is 11.1 Å². The van der Waals surface area contributed by atoms with Crippen LogP contribution in [0.25, 0.3) is 0 Å². The van der Waals surface area contributed by atoms with Crippen LogP contribution >= 0.6 is 0 Å². The van der Waals surface area contributed by atoms with Gasteiger partial charge in [0.2, 0.25) is 0 Å².